The highest BCUT2D eigenvalue weighted by molar-refractivity contribution is 5.81. The van der Waals surface area contributed by atoms with Crippen molar-refractivity contribution in [2.24, 2.45) is 0 Å². The zero-order valence-electron chi connectivity index (χ0n) is 15.6. The van der Waals surface area contributed by atoms with Gasteiger partial charge in [-0.2, -0.15) is 0 Å². The molecule has 2 aromatic heterocycles. The molecular weight excluding hydrogens is 366 g/mol. The Morgan fingerprint density at radius 2 is 1.96 bits per heavy atom. The molecule has 0 amide bonds. The number of aromatic hydroxyl groups is 1. The van der Waals surface area contributed by atoms with Gasteiger partial charge in [0, 0.05) is 23.6 Å². The number of fused-ring (bicyclic) bond motifs is 1. The number of rotatable bonds is 5. The number of methoxy groups -OCH3 is 2. The molecule has 0 fully saturated rings. The van der Waals surface area contributed by atoms with Crippen molar-refractivity contribution in [2.75, 3.05) is 14.2 Å². The highest BCUT2D eigenvalue weighted by atomic mass is 16.5. The number of benzene rings is 1. The van der Waals surface area contributed by atoms with E-state index in [1.807, 2.05) is 0 Å². The monoisotopic (exact) mass is 385 g/mol. The molecule has 0 aliphatic carbocycles. The fourth-order valence-corrected chi connectivity index (χ4v) is 3.13. The lowest BCUT2D eigenvalue weighted by Gasteiger charge is -2.17. The first-order chi connectivity index (χ1) is 13.3. The zero-order chi connectivity index (χ0) is 20.4. The number of carbonyl (C=O) groups excluding carboxylic acids is 1. The number of aromatic amines is 1. The molecule has 3 aromatic rings. The molecule has 3 rings (SSSR count). The summed E-state index contributed by atoms with van der Waals surface area (Å²) >= 11 is 0. The quantitative estimate of drug-likeness (QED) is 0.646. The van der Waals surface area contributed by atoms with Gasteiger partial charge in [0.2, 0.25) is 0 Å². The number of aryl methyl sites for hydroxylation is 1. The second kappa shape index (κ2) is 7.59. The number of aromatic nitrogens is 1. The Bertz CT molecular complexity index is 1160. The summed E-state index contributed by atoms with van der Waals surface area (Å²) in [6.07, 6.45) is -0.317. The van der Waals surface area contributed by atoms with Gasteiger partial charge in [-0.1, -0.05) is 0 Å². The Balaban J connectivity index is 2.24. The lowest BCUT2D eigenvalue weighted by molar-refractivity contribution is -0.140. The van der Waals surface area contributed by atoms with Gasteiger partial charge in [0.05, 0.1) is 31.7 Å². The van der Waals surface area contributed by atoms with E-state index in [1.165, 1.54) is 27.2 Å². The van der Waals surface area contributed by atoms with E-state index in [1.54, 1.807) is 24.3 Å². The number of carbonyl (C=O) groups is 1. The first-order valence-corrected chi connectivity index (χ1v) is 8.45. The minimum Gasteiger partial charge on any atom is -0.507 e. The molecular formula is C20H19NO7. The normalized spacial score (nSPS) is 12.0. The molecule has 8 nitrogen and oxygen atoms in total. The predicted molar refractivity (Wildman–Crippen MR) is 101 cm³/mol. The van der Waals surface area contributed by atoms with Gasteiger partial charge in [0.15, 0.2) is 0 Å². The standard InChI is InChI=1S/C20H19NO7/c1-10-6-16(22)18(20(25)28-10)13(9-17(23)27-3)14-7-11-4-5-12(26-2)8-15(11)21-19(14)24/h4-8,13,22H,9H2,1-3H3,(H,21,24). The molecule has 0 saturated heterocycles. The van der Waals surface area contributed by atoms with E-state index in [4.69, 9.17) is 13.9 Å². The molecule has 146 valence electrons. The van der Waals surface area contributed by atoms with Crippen LogP contribution in [0.25, 0.3) is 10.9 Å². The topological polar surface area (TPSA) is 119 Å². The van der Waals surface area contributed by atoms with Crippen LogP contribution in [0, 0.1) is 6.92 Å². The average Bonchev–Trinajstić information content (AvgIpc) is 2.65. The van der Waals surface area contributed by atoms with Crippen LogP contribution in [0.15, 0.2) is 44.3 Å². The molecule has 2 heterocycles. The van der Waals surface area contributed by atoms with Crippen molar-refractivity contribution in [3.05, 3.63) is 68.0 Å². The third kappa shape index (κ3) is 3.62. The molecule has 1 unspecified atom stereocenters. The Kier molecular flexibility index (Phi) is 5.21. The summed E-state index contributed by atoms with van der Waals surface area (Å²) in [5.41, 5.74) is -0.830. The number of hydrogen-bond donors (Lipinski definition) is 2. The van der Waals surface area contributed by atoms with E-state index in [2.05, 4.69) is 4.98 Å². The van der Waals surface area contributed by atoms with Crippen LogP contribution >= 0.6 is 0 Å². The molecule has 2 N–H and O–H groups in total. The molecule has 0 saturated carbocycles. The lowest BCUT2D eigenvalue weighted by atomic mass is 9.89. The van der Waals surface area contributed by atoms with E-state index >= 15 is 0 Å². The van der Waals surface area contributed by atoms with Gasteiger partial charge >= 0.3 is 11.6 Å². The molecule has 28 heavy (non-hydrogen) atoms. The molecule has 1 atom stereocenters. The molecule has 0 aliphatic heterocycles. The van der Waals surface area contributed by atoms with E-state index in [9.17, 15) is 19.5 Å². The van der Waals surface area contributed by atoms with Gasteiger partial charge in [-0.25, -0.2) is 4.79 Å². The van der Waals surface area contributed by atoms with Crippen LogP contribution < -0.4 is 15.9 Å². The van der Waals surface area contributed by atoms with E-state index < -0.39 is 23.1 Å². The molecule has 0 radical (unpaired) electrons. The number of hydrogen-bond acceptors (Lipinski definition) is 7. The Hall–Kier alpha value is -3.55. The summed E-state index contributed by atoms with van der Waals surface area (Å²) in [4.78, 5) is 39.8. The van der Waals surface area contributed by atoms with Crippen molar-refractivity contribution in [3.63, 3.8) is 0 Å². The number of pyridine rings is 1. The van der Waals surface area contributed by atoms with E-state index in [-0.39, 0.29) is 29.1 Å². The largest absolute Gasteiger partial charge is 0.507 e. The van der Waals surface area contributed by atoms with Crippen LogP contribution in [0.3, 0.4) is 0 Å². The average molecular weight is 385 g/mol. The SMILES string of the molecule is COC(=O)CC(c1cc2ccc(OC)cc2[nH]c1=O)c1c(O)cc(C)oc1=O. The number of ether oxygens (including phenoxy) is 2. The second-order valence-electron chi connectivity index (χ2n) is 6.28. The second-order valence-corrected chi connectivity index (χ2v) is 6.28. The fourth-order valence-electron chi connectivity index (χ4n) is 3.13. The van der Waals surface area contributed by atoms with Crippen LogP contribution in [0.4, 0.5) is 0 Å². The minimum atomic E-state index is -1.04. The highest BCUT2D eigenvalue weighted by Crippen LogP contribution is 2.32. The van der Waals surface area contributed by atoms with Crippen molar-refractivity contribution in [3.8, 4) is 11.5 Å². The third-order valence-electron chi connectivity index (χ3n) is 4.49. The first kappa shape index (κ1) is 19.2. The maximum Gasteiger partial charge on any atom is 0.343 e. The maximum atomic E-state index is 12.7. The van der Waals surface area contributed by atoms with Crippen molar-refractivity contribution in [1.29, 1.82) is 0 Å². The first-order valence-electron chi connectivity index (χ1n) is 8.45. The summed E-state index contributed by atoms with van der Waals surface area (Å²) in [6, 6.07) is 7.95. The Morgan fingerprint density at radius 3 is 2.61 bits per heavy atom. The van der Waals surface area contributed by atoms with Crippen LogP contribution in [0.5, 0.6) is 11.5 Å². The molecule has 1 aromatic carbocycles. The smallest absolute Gasteiger partial charge is 0.343 e. The Labute approximate surface area is 159 Å². The molecule has 8 heteroatoms. The summed E-state index contributed by atoms with van der Waals surface area (Å²) < 4.78 is 14.9. The molecule has 0 bridgehead atoms. The van der Waals surface area contributed by atoms with Crippen LogP contribution in [0.1, 0.15) is 29.2 Å². The van der Waals surface area contributed by atoms with Crippen molar-refractivity contribution >= 4 is 16.9 Å². The van der Waals surface area contributed by atoms with Gasteiger partial charge < -0.3 is 24.0 Å². The third-order valence-corrected chi connectivity index (χ3v) is 4.49. The fraction of sp³-hybridized carbons (Fsp3) is 0.250. The van der Waals surface area contributed by atoms with E-state index in [0.717, 1.165) is 0 Å². The Morgan fingerprint density at radius 1 is 1.21 bits per heavy atom. The van der Waals surface area contributed by atoms with Crippen molar-refractivity contribution in [2.45, 2.75) is 19.3 Å². The minimum absolute atomic E-state index is 0.134. The van der Waals surface area contributed by atoms with Crippen LogP contribution in [-0.4, -0.2) is 30.3 Å². The van der Waals surface area contributed by atoms with Gasteiger partial charge in [-0.05, 0) is 30.5 Å². The van der Waals surface area contributed by atoms with Crippen molar-refractivity contribution in [1.82, 2.24) is 4.98 Å². The summed E-state index contributed by atoms with van der Waals surface area (Å²) in [6.45, 7) is 1.51. The summed E-state index contributed by atoms with van der Waals surface area (Å²) in [5.74, 6) is -1.25. The number of nitrogens with one attached hydrogen (secondary N) is 1. The predicted octanol–water partition coefficient (Wildman–Crippen LogP) is 2.20. The van der Waals surface area contributed by atoms with Crippen LogP contribution in [0.2, 0.25) is 0 Å². The van der Waals surface area contributed by atoms with E-state index in [0.29, 0.717) is 16.7 Å². The maximum absolute atomic E-state index is 12.7. The zero-order valence-corrected chi connectivity index (χ0v) is 15.6. The van der Waals surface area contributed by atoms with Gasteiger partial charge in [0.1, 0.15) is 17.3 Å². The lowest BCUT2D eigenvalue weighted by Crippen LogP contribution is -2.24. The molecule has 0 spiro atoms. The van der Waals surface area contributed by atoms with Crippen LogP contribution in [-0.2, 0) is 9.53 Å². The van der Waals surface area contributed by atoms with Crippen molar-refractivity contribution < 1.29 is 23.8 Å². The highest BCUT2D eigenvalue weighted by Gasteiger charge is 2.28. The van der Waals surface area contributed by atoms with Gasteiger partial charge in [-0.3, -0.25) is 9.59 Å². The van der Waals surface area contributed by atoms with Gasteiger partial charge in [-0.15, -0.1) is 0 Å². The van der Waals surface area contributed by atoms with Gasteiger partial charge in [0.25, 0.3) is 5.56 Å². The summed E-state index contributed by atoms with van der Waals surface area (Å²) in [5, 5.41) is 11.0. The summed E-state index contributed by atoms with van der Waals surface area (Å²) in [7, 11) is 2.72. The number of H-pyrrole nitrogens is 1. The molecule has 0 aliphatic rings. The number of esters is 1.